The number of hydrogen-bond donors (Lipinski definition) is 2. The second-order valence-corrected chi connectivity index (χ2v) is 8.51. The molecule has 3 aromatic carbocycles. The first kappa shape index (κ1) is 18.8. The fourth-order valence-electron chi connectivity index (χ4n) is 3.37. The average Bonchev–Trinajstić information content (AvgIpc) is 3.08. The number of nitrogen functional groups attached to an aromatic ring is 1. The summed E-state index contributed by atoms with van der Waals surface area (Å²) in [6, 6.07) is 20.8. The summed E-state index contributed by atoms with van der Waals surface area (Å²) in [4.78, 5) is 11.6. The molecule has 0 radical (unpaired) electrons. The number of rotatable bonds is 4. The van der Waals surface area contributed by atoms with Gasteiger partial charge in [-0.2, -0.15) is 0 Å². The largest absolute Gasteiger partial charge is 0.399 e. The zero-order valence-corrected chi connectivity index (χ0v) is 16.5. The smallest absolute Gasteiger partial charge is 0.268 e. The maximum absolute atomic E-state index is 13.3. The number of fused-ring (bicyclic) bond motifs is 1. The Hall–Kier alpha value is -3.58. The molecule has 0 aliphatic rings. The van der Waals surface area contributed by atoms with Crippen LogP contribution in [0.3, 0.4) is 0 Å². The highest BCUT2D eigenvalue weighted by atomic mass is 32.2. The lowest BCUT2D eigenvalue weighted by Gasteiger charge is -2.08. The van der Waals surface area contributed by atoms with E-state index >= 15 is 0 Å². The van der Waals surface area contributed by atoms with Crippen LogP contribution >= 0.6 is 0 Å². The van der Waals surface area contributed by atoms with E-state index < -0.39 is 10.0 Å². The van der Waals surface area contributed by atoms with Crippen molar-refractivity contribution in [2.24, 2.45) is 0 Å². The molecule has 1 amide bonds. The van der Waals surface area contributed by atoms with Crippen LogP contribution in [0, 0.1) is 0 Å². The Bertz CT molecular complexity index is 1330. The number of carbonyl (C=O) groups excluding carboxylic acids is 1. The third-order valence-corrected chi connectivity index (χ3v) is 6.25. The van der Waals surface area contributed by atoms with E-state index in [1.54, 1.807) is 66.9 Å². The minimum absolute atomic E-state index is 0.207. The lowest BCUT2D eigenvalue weighted by atomic mass is 10.0. The Morgan fingerprint density at radius 1 is 0.966 bits per heavy atom. The van der Waals surface area contributed by atoms with E-state index in [2.05, 4.69) is 5.32 Å². The van der Waals surface area contributed by atoms with Crippen molar-refractivity contribution in [1.29, 1.82) is 0 Å². The van der Waals surface area contributed by atoms with Crippen molar-refractivity contribution in [3.8, 4) is 11.1 Å². The zero-order valence-electron chi connectivity index (χ0n) is 15.7. The molecule has 29 heavy (non-hydrogen) atoms. The van der Waals surface area contributed by atoms with E-state index in [1.165, 1.54) is 10.9 Å². The van der Waals surface area contributed by atoms with Gasteiger partial charge in [0.1, 0.15) is 0 Å². The number of nitrogens with zero attached hydrogens (tertiary/aromatic N) is 1. The van der Waals surface area contributed by atoms with Gasteiger partial charge in [-0.25, -0.2) is 12.4 Å². The molecule has 0 bridgehead atoms. The van der Waals surface area contributed by atoms with Crippen LogP contribution in [0.2, 0.25) is 0 Å². The predicted octanol–water partition coefficient (Wildman–Crippen LogP) is 4.09. The number of aromatic nitrogens is 1. The van der Waals surface area contributed by atoms with E-state index in [0.29, 0.717) is 28.0 Å². The van der Waals surface area contributed by atoms with Crippen LogP contribution in [0.1, 0.15) is 6.92 Å². The fourth-order valence-corrected chi connectivity index (χ4v) is 4.76. The molecule has 4 rings (SSSR count). The number of hydrogen-bond acceptors (Lipinski definition) is 4. The number of nitrogens with one attached hydrogen (secondary N) is 1. The molecule has 1 aromatic heterocycles. The van der Waals surface area contributed by atoms with Gasteiger partial charge in [-0.15, -0.1) is 0 Å². The number of benzene rings is 3. The Labute approximate surface area is 168 Å². The number of amides is 1. The molecule has 0 spiro atoms. The number of carbonyl (C=O) groups is 1. The van der Waals surface area contributed by atoms with Gasteiger partial charge < -0.3 is 11.1 Å². The third kappa shape index (κ3) is 3.48. The first-order valence-corrected chi connectivity index (χ1v) is 10.4. The van der Waals surface area contributed by atoms with E-state index in [9.17, 15) is 13.2 Å². The van der Waals surface area contributed by atoms with Gasteiger partial charge in [0.05, 0.1) is 10.4 Å². The molecule has 0 aliphatic heterocycles. The normalized spacial score (nSPS) is 11.5. The van der Waals surface area contributed by atoms with E-state index in [1.807, 2.05) is 12.1 Å². The molecule has 146 valence electrons. The molecule has 0 saturated carbocycles. The maximum Gasteiger partial charge on any atom is 0.268 e. The van der Waals surface area contributed by atoms with Crippen molar-refractivity contribution >= 4 is 38.2 Å². The number of anilines is 2. The molecule has 0 fully saturated rings. The van der Waals surface area contributed by atoms with Crippen molar-refractivity contribution in [3.05, 3.63) is 79.0 Å². The van der Waals surface area contributed by atoms with Crippen LogP contribution in [-0.2, 0) is 14.8 Å². The minimum atomic E-state index is -3.78. The van der Waals surface area contributed by atoms with Crippen molar-refractivity contribution in [2.45, 2.75) is 11.8 Å². The highest BCUT2D eigenvalue weighted by Crippen LogP contribution is 2.35. The number of nitrogens with two attached hydrogens (primary N) is 1. The average molecular weight is 405 g/mol. The van der Waals surface area contributed by atoms with Gasteiger partial charge in [-0.05, 0) is 42.0 Å². The summed E-state index contributed by atoms with van der Waals surface area (Å²) >= 11 is 0. The SMILES string of the molecule is CC(=O)Nc1cc(N)cc(-c2cn(S(=O)(=O)c3ccccc3)c3ccccc23)c1. The van der Waals surface area contributed by atoms with Gasteiger partial charge in [0.2, 0.25) is 5.91 Å². The summed E-state index contributed by atoms with van der Waals surface area (Å²) in [5, 5.41) is 3.49. The molecular weight excluding hydrogens is 386 g/mol. The summed E-state index contributed by atoms with van der Waals surface area (Å²) in [6.07, 6.45) is 1.60. The van der Waals surface area contributed by atoms with Gasteiger partial charge in [0, 0.05) is 35.4 Å². The standard InChI is InChI=1S/C22H19N3O3S/c1-15(26)24-18-12-16(11-17(23)13-18)21-14-25(22-10-6-5-9-20(21)22)29(27,28)19-7-3-2-4-8-19/h2-14H,23H2,1H3,(H,24,26). The highest BCUT2D eigenvalue weighted by Gasteiger charge is 2.21. The van der Waals surface area contributed by atoms with Crippen LogP contribution in [0.25, 0.3) is 22.0 Å². The first-order chi connectivity index (χ1) is 13.9. The van der Waals surface area contributed by atoms with Crippen LogP contribution in [0.4, 0.5) is 11.4 Å². The van der Waals surface area contributed by atoms with Crippen molar-refractivity contribution in [2.75, 3.05) is 11.1 Å². The second kappa shape index (κ2) is 7.10. The lowest BCUT2D eigenvalue weighted by Crippen LogP contribution is -2.11. The van der Waals surface area contributed by atoms with Gasteiger partial charge in [-0.3, -0.25) is 4.79 Å². The quantitative estimate of drug-likeness (QED) is 0.500. The molecule has 7 heteroatoms. The van der Waals surface area contributed by atoms with Crippen molar-refractivity contribution in [3.63, 3.8) is 0 Å². The minimum Gasteiger partial charge on any atom is -0.399 e. The molecule has 6 nitrogen and oxygen atoms in total. The molecular formula is C22H19N3O3S. The maximum atomic E-state index is 13.3. The molecule has 0 atom stereocenters. The monoisotopic (exact) mass is 405 g/mol. The van der Waals surface area contributed by atoms with E-state index in [4.69, 9.17) is 5.73 Å². The van der Waals surface area contributed by atoms with Crippen LogP contribution < -0.4 is 11.1 Å². The Morgan fingerprint density at radius 3 is 2.38 bits per heavy atom. The number of para-hydroxylation sites is 1. The molecule has 0 unspecified atom stereocenters. The van der Waals surface area contributed by atoms with Crippen LogP contribution in [-0.4, -0.2) is 18.3 Å². The Balaban J connectivity index is 1.95. The summed E-state index contributed by atoms with van der Waals surface area (Å²) in [5.41, 5.74) is 9.03. The molecule has 4 aromatic rings. The van der Waals surface area contributed by atoms with Crippen LogP contribution in [0.15, 0.2) is 83.9 Å². The Morgan fingerprint density at radius 2 is 1.66 bits per heavy atom. The first-order valence-electron chi connectivity index (χ1n) is 8.95. The second-order valence-electron chi connectivity index (χ2n) is 6.70. The topological polar surface area (TPSA) is 94.2 Å². The highest BCUT2D eigenvalue weighted by molar-refractivity contribution is 7.90. The Kier molecular flexibility index (Phi) is 4.60. The predicted molar refractivity (Wildman–Crippen MR) is 115 cm³/mol. The van der Waals surface area contributed by atoms with Gasteiger partial charge in [0.15, 0.2) is 0 Å². The lowest BCUT2D eigenvalue weighted by molar-refractivity contribution is -0.114. The molecule has 0 saturated heterocycles. The van der Waals surface area contributed by atoms with Gasteiger partial charge >= 0.3 is 0 Å². The van der Waals surface area contributed by atoms with Crippen LogP contribution in [0.5, 0.6) is 0 Å². The summed E-state index contributed by atoms with van der Waals surface area (Å²) in [7, 11) is -3.78. The summed E-state index contributed by atoms with van der Waals surface area (Å²) < 4.78 is 27.8. The molecule has 1 heterocycles. The zero-order chi connectivity index (χ0) is 20.6. The van der Waals surface area contributed by atoms with Gasteiger partial charge in [-0.1, -0.05) is 36.4 Å². The van der Waals surface area contributed by atoms with Gasteiger partial charge in [0.25, 0.3) is 10.0 Å². The third-order valence-electron chi connectivity index (χ3n) is 4.56. The molecule has 0 aliphatic carbocycles. The van der Waals surface area contributed by atoms with E-state index in [0.717, 1.165) is 5.39 Å². The van der Waals surface area contributed by atoms with Crippen molar-refractivity contribution in [1.82, 2.24) is 3.97 Å². The van der Waals surface area contributed by atoms with Crippen molar-refractivity contribution < 1.29 is 13.2 Å². The summed E-state index contributed by atoms with van der Waals surface area (Å²) in [5.74, 6) is -0.212. The molecule has 3 N–H and O–H groups in total. The van der Waals surface area contributed by atoms with E-state index in [-0.39, 0.29) is 10.8 Å². The fraction of sp³-hybridized carbons (Fsp3) is 0.0455. The summed E-state index contributed by atoms with van der Waals surface area (Å²) in [6.45, 7) is 1.42.